The molecule has 0 aromatic carbocycles. The number of aliphatic hydroxyl groups is 1. The summed E-state index contributed by atoms with van der Waals surface area (Å²) in [6.07, 6.45) is 1.41. The van der Waals surface area contributed by atoms with E-state index in [2.05, 4.69) is 17.9 Å². The van der Waals surface area contributed by atoms with Crippen LogP contribution in [0.3, 0.4) is 0 Å². The van der Waals surface area contributed by atoms with Gasteiger partial charge in [-0.3, -0.25) is 5.32 Å². The van der Waals surface area contributed by atoms with Crippen LogP contribution in [0, 0.1) is 0 Å². The first kappa shape index (κ1) is 8.27. The maximum atomic E-state index is 8.84. The van der Waals surface area contributed by atoms with Gasteiger partial charge in [0.05, 0.1) is 0 Å². The van der Waals surface area contributed by atoms with Gasteiger partial charge >= 0.3 is 0 Å². The molecular formula is C5H13NOS. The van der Waals surface area contributed by atoms with Gasteiger partial charge in [0, 0.05) is 0 Å². The van der Waals surface area contributed by atoms with Crippen molar-refractivity contribution in [2.45, 2.75) is 19.1 Å². The number of thiol groups is 1. The second-order valence-electron chi connectivity index (χ2n) is 1.67. The van der Waals surface area contributed by atoms with Gasteiger partial charge in [0.25, 0.3) is 0 Å². The Morgan fingerprint density at radius 1 is 1.75 bits per heavy atom. The monoisotopic (exact) mass is 135 g/mol. The highest BCUT2D eigenvalue weighted by atomic mass is 32.1. The van der Waals surface area contributed by atoms with E-state index < -0.39 is 0 Å². The molecule has 0 bridgehead atoms. The van der Waals surface area contributed by atoms with Gasteiger partial charge in [-0.1, -0.05) is 0 Å². The maximum absolute atomic E-state index is 8.84. The summed E-state index contributed by atoms with van der Waals surface area (Å²) in [4.78, 5) is 0. The van der Waals surface area contributed by atoms with Crippen molar-refractivity contribution in [3.05, 3.63) is 0 Å². The van der Waals surface area contributed by atoms with Crippen LogP contribution in [-0.2, 0) is 0 Å². The average Bonchev–Trinajstić information content (AvgIpc) is 1.83. The van der Waals surface area contributed by atoms with Gasteiger partial charge in [0.15, 0.2) is 0 Å². The van der Waals surface area contributed by atoms with Crippen LogP contribution in [0.1, 0.15) is 12.8 Å². The highest BCUT2D eigenvalue weighted by molar-refractivity contribution is 7.80. The van der Waals surface area contributed by atoms with Crippen LogP contribution in [0.15, 0.2) is 0 Å². The van der Waals surface area contributed by atoms with Crippen molar-refractivity contribution in [2.75, 3.05) is 12.8 Å². The zero-order valence-corrected chi connectivity index (χ0v) is 5.99. The molecular weight excluding hydrogens is 122 g/mol. The van der Waals surface area contributed by atoms with Gasteiger partial charge in [0.2, 0.25) is 0 Å². The van der Waals surface area contributed by atoms with Crippen LogP contribution in [-0.4, -0.2) is 24.1 Å². The zero-order valence-electron chi connectivity index (χ0n) is 5.09. The molecule has 2 nitrogen and oxygen atoms in total. The van der Waals surface area contributed by atoms with E-state index in [4.69, 9.17) is 5.11 Å². The lowest BCUT2D eigenvalue weighted by Gasteiger charge is -2.05. The predicted molar refractivity (Wildman–Crippen MR) is 38.2 cm³/mol. The van der Waals surface area contributed by atoms with Gasteiger partial charge in [0.1, 0.15) is 6.23 Å². The quantitative estimate of drug-likeness (QED) is 0.381. The molecule has 0 aliphatic heterocycles. The first-order chi connectivity index (χ1) is 3.81. The number of nitrogens with one attached hydrogen (secondary N) is 1. The minimum Gasteiger partial charge on any atom is -0.379 e. The molecule has 0 saturated carbocycles. The second kappa shape index (κ2) is 5.41. The van der Waals surface area contributed by atoms with E-state index in [-0.39, 0.29) is 6.23 Å². The van der Waals surface area contributed by atoms with Gasteiger partial charge < -0.3 is 5.11 Å². The van der Waals surface area contributed by atoms with Crippen molar-refractivity contribution < 1.29 is 5.11 Å². The van der Waals surface area contributed by atoms with Crippen molar-refractivity contribution >= 4 is 12.6 Å². The molecule has 0 aromatic rings. The Morgan fingerprint density at radius 2 is 2.38 bits per heavy atom. The van der Waals surface area contributed by atoms with E-state index >= 15 is 0 Å². The Bertz CT molecular complexity index is 51.7. The molecule has 1 unspecified atom stereocenters. The molecule has 3 heteroatoms. The molecule has 0 heterocycles. The summed E-state index contributed by atoms with van der Waals surface area (Å²) in [7, 11) is 1.74. The lowest BCUT2D eigenvalue weighted by molar-refractivity contribution is 0.136. The third kappa shape index (κ3) is 4.43. The largest absolute Gasteiger partial charge is 0.379 e. The lowest BCUT2D eigenvalue weighted by atomic mass is 10.3. The van der Waals surface area contributed by atoms with Gasteiger partial charge in [-0.05, 0) is 25.6 Å². The fourth-order valence-electron chi connectivity index (χ4n) is 0.429. The first-order valence-electron chi connectivity index (χ1n) is 2.77. The molecule has 0 aromatic heterocycles. The van der Waals surface area contributed by atoms with Crippen LogP contribution in [0.25, 0.3) is 0 Å². The highest BCUT2D eigenvalue weighted by Crippen LogP contribution is 1.93. The van der Waals surface area contributed by atoms with Crippen molar-refractivity contribution in [2.24, 2.45) is 0 Å². The second-order valence-corrected chi connectivity index (χ2v) is 2.12. The number of hydrogen-bond donors (Lipinski definition) is 3. The summed E-state index contributed by atoms with van der Waals surface area (Å²) in [6.45, 7) is 0. The fraction of sp³-hybridized carbons (Fsp3) is 1.00. The first-order valence-corrected chi connectivity index (χ1v) is 3.40. The van der Waals surface area contributed by atoms with E-state index in [0.717, 1.165) is 18.6 Å². The highest BCUT2D eigenvalue weighted by Gasteiger charge is 1.95. The molecule has 0 radical (unpaired) electrons. The Hall–Kier alpha value is 0.270. The van der Waals surface area contributed by atoms with Crippen LogP contribution < -0.4 is 5.32 Å². The minimum atomic E-state index is -0.345. The number of hydrogen-bond acceptors (Lipinski definition) is 3. The molecule has 0 aliphatic rings. The van der Waals surface area contributed by atoms with Crippen LogP contribution >= 0.6 is 12.6 Å². The summed E-state index contributed by atoms with van der Waals surface area (Å²) in [5, 5.41) is 11.6. The standard InChI is InChI=1S/C5H13NOS/c1-6-5(7)3-2-4-8/h5-8H,2-4H2,1H3. The topological polar surface area (TPSA) is 32.3 Å². The van der Waals surface area contributed by atoms with Crippen molar-refractivity contribution in [3.63, 3.8) is 0 Å². The van der Waals surface area contributed by atoms with Crippen molar-refractivity contribution in [1.29, 1.82) is 0 Å². The van der Waals surface area contributed by atoms with E-state index in [1.807, 2.05) is 0 Å². The lowest BCUT2D eigenvalue weighted by Crippen LogP contribution is -2.23. The average molecular weight is 135 g/mol. The van der Waals surface area contributed by atoms with Crippen LogP contribution in [0.5, 0.6) is 0 Å². The van der Waals surface area contributed by atoms with Gasteiger partial charge in [-0.2, -0.15) is 12.6 Å². The number of aliphatic hydroxyl groups excluding tert-OH is 1. The normalized spacial score (nSPS) is 13.9. The molecule has 0 rings (SSSR count). The summed E-state index contributed by atoms with van der Waals surface area (Å²) in [5.41, 5.74) is 0. The minimum absolute atomic E-state index is 0.345. The van der Waals surface area contributed by atoms with Crippen molar-refractivity contribution in [1.82, 2.24) is 5.32 Å². The molecule has 50 valence electrons. The van der Waals surface area contributed by atoms with E-state index in [9.17, 15) is 0 Å². The summed E-state index contributed by atoms with van der Waals surface area (Å²) >= 11 is 4.00. The molecule has 8 heavy (non-hydrogen) atoms. The molecule has 0 fully saturated rings. The molecule has 0 amide bonds. The van der Waals surface area contributed by atoms with Gasteiger partial charge in [-0.25, -0.2) is 0 Å². The number of rotatable bonds is 4. The third-order valence-corrected chi connectivity index (χ3v) is 1.29. The Balaban J connectivity index is 2.86. The Kier molecular flexibility index (Phi) is 5.59. The summed E-state index contributed by atoms with van der Waals surface area (Å²) in [6, 6.07) is 0. The maximum Gasteiger partial charge on any atom is 0.104 e. The SMILES string of the molecule is CNC(O)CCCS. The van der Waals surface area contributed by atoms with Crippen LogP contribution in [0.2, 0.25) is 0 Å². The van der Waals surface area contributed by atoms with Crippen molar-refractivity contribution in [3.8, 4) is 0 Å². The summed E-state index contributed by atoms with van der Waals surface area (Å²) < 4.78 is 0. The third-order valence-electron chi connectivity index (χ3n) is 0.969. The molecule has 2 N–H and O–H groups in total. The zero-order chi connectivity index (χ0) is 6.41. The fourth-order valence-corrected chi connectivity index (χ4v) is 0.612. The molecule has 0 spiro atoms. The molecule has 0 saturated heterocycles. The smallest absolute Gasteiger partial charge is 0.104 e. The van der Waals surface area contributed by atoms with E-state index in [1.165, 1.54) is 0 Å². The summed E-state index contributed by atoms with van der Waals surface area (Å²) in [5.74, 6) is 0.846. The Morgan fingerprint density at radius 3 is 2.75 bits per heavy atom. The van der Waals surface area contributed by atoms with E-state index in [0.29, 0.717) is 0 Å². The van der Waals surface area contributed by atoms with E-state index in [1.54, 1.807) is 7.05 Å². The molecule has 0 aliphatic carbocycles. The van der Waals surface area contributed by atoms with Gasteiger partial charge in [-0.15, -0.1) is 0 Å². The van der Waals surface area contributed by atoms with Crippen LogP contribution in [0.4, 0.5) is 0 Å². The predicted octanol–water partition coefficient (Wildman–Crippen LogP) is 0.234. The molecule has 1 atom stereocenters. The Labute approximate surface area is 55.7 Å².